The van der Waals surface area contributed by atoms with Crippen LogP contribution in [0.2, 0.25) is 0 Å². The number of nitrogens with zero attached hydrogens (tertiary/aromatic N) is 3. The Balaban J connectivity index is 1.25. The Morgan fingerprint density at radius 3 is 2.58 bits per heavy atom. The van der Waals surface area contributed by atoms with E-state index in [-0.39, 0.29) is 11.4 Å². The van der Waals surface area contributed by atoms with E-state index >= 15 is 0 Å². The third-order valence-corrected chi connectivity index (χ3v) is 5.28. The van der Waals surface area contributed by atoms with Gasteiger partial charge in [-0.2, -0.15) is 10.2 Å². The highest BCUT2D eigenvalue weighted by atomic mass is 16.1. The normalized spacial score (nSPS) is 18.3. The first-order valence-electron chi connectivity index (χ1n) is 9.35. The Labute approximate surface area is 154 Å². The van der Waals surface area contributed by atoms with E-state index in [0.717, 1.165) is 55.8 Å². The quantitative estimate of drug-likeness (QED) is 0.800. The SMILES string of the molecule is O=C(CCCN1CCC2(CC1)N=Nc1ccccc1N2)c1ccccc1. The highest BCUT2D eigenvalue weighted by Gasteiger charge is 2.36. The second-order valence-corrected chi connectivity index (χ2v) is 7.11. The second-order valence-electron chi connectivity index (χ2n) is 7.11. The lowest BCUT2D eigenvalue weighted by molar-refractivity contribution is 0.0969. The maximum absolute atomic E-state index is 12.2. The lowest BCUT2D eigenvalue weighted by Gasteiger charge is -2.41. The van der Waals surface area contributed by atoms with Crippen molar-refractivity contribution >= 4 is 17.2 Å². The number of anilines is 1. The van der Waals surface area contributed by atoms with Crippen molar-refractivity contribution in [1.82, 2.24) is 4.90 Å². The van der Waals surface area contributed by atoms with Crippen molar-refractivity contribution in [3.63, 3.8) is 0 Å². The van der Waals surface area contributed by atoms with Crippen LogP contribution in [0.3, 0.4) is 0 Å². The molecule has 0 aromatic heterocycles. The first-order chi connectivity index (χ1) is 12.7. The van der Waals surface area contributed by atoms with Crippen LogP contribution in [0.5, 0.6) is 0 Å². The summed E-state index contributed by atoms with van der Waals surface area (Å²) in [6.45, 7) is 2.92. The molecule has 0 atom stereocenters. The number of benzene rings is 2. The summed E-state index contributed by atoms with van der Waals surface area (Å²) in [5.41, 5.74) is 2.55. The molecule has 2 aliphatic rings. The molecule has 26 heavy (non-hydrogen) atoms. The van der Waals surface area contributed by atoms with E-state index < -0.39 is 0 Å². The Bertz CT molecular complexity index is 795. The average Bonchev–Trinajstić information content (AvgIpc) is 2.70. The van der Waals surface area contributed by atoms with Crippen LogP contribution in [0, 0.1) is 0 Å². The number of para-hydroxylation sites is 1. The van der Waals surface area contributed by atoms with Gasteiger partial charge in [-0.15, -0.1) is 0 Å². The maximum atomic E-state index is 12.2. The fourth-order valence-corrected chi connectivity index (χ4v) is 3.69. The Kier molecular flexibility index (Phi) is 4.80. The summed E-state index contributed by atoms with van der Waals surface area (Å²) in [5, 5.41) is 12.6. The minimum Gasteiger partial charge on any atom is -0.358 e. The zero-order valence-corrected chi connectivity index (χ0v) is 14.9. The molecule has 2 aromatic carbocycles. The number of hydrogen-bond acceptors (Lipinski definition) is 5. The van der Waals surface area contributed by atoms with Gasteiger partial charge in [0.25, 0.3) is 0 Å². The summed E-state index contributed by atoms with van der Waals surface area (Å²) < 4.78 is 0. The molecule has 2 aliphatic heterocycles. The van der Waals surface area contributed by atoms with Gasteiger partial charge in [0.05, 0.1) is 5.69 Å². The number of ketones is 1. The van der Waals surface area contributed by atoms with E-state index in [1.807, 2.05) is 48.5 Å². The summed E-state index contributed by atoms with van der Waals surface area (Å²) in [4.78, 5) is 14.6. The van der Waals surface area contributed by atoms with Crippen LogP contribution in [0.15, 0.2) is 64.8 Å². The molecule has 0 aliphatic carbocycles. The standard InChI is InChI=1S/C21H24N4O/c26-20(17-7-2-1-3-8-17)11-6-14-25-15-12-21(13-16-25)22-18-9-4-5-10-19(18)23-24-21/h1-5,7-10,22H,6,11-16H2. The van der Waals surface area contributed by atoms with Crippen LogP contribution in [0.25, 0.3) is 0 Å². The predicted molar refractivity (Wildman–Crippen MR) is 103 cm³/mol. The molecular formula is C21H24N4O. The number of nitrogens with one attached hydrogen (secondary N) is 1. The van der Waals surface area contributed by atoms with Gasteiger partial charge in [-0.05, 0) is 25.1 Å². The van der Waals surface area contributed by atoms with Crippen molar-refractivity contribution in [1.29, 1.82) is 0 Å². The number of likely N-dealkylation sites (tertiary alicyclic amines) is 1. The summed E-state index contributed by atoms with van der Waals surface area (Å²) >= 11 is 0. The Morgan fingerprint density at radius 1 is 1.04 bits per heavy atom. The highest BCUT2D eigenvalue weighted by molar-refractivity contribution is 5.95. The second kappa shape index (κ2) is 7.38. The van der Waals surface area contributed by atoms with E-state index in [1.54, 1.807) is 0 Å². The molecule has 1 spiro atoms. The first-order valence-corrected chi connectivity index (χ1v) is 9.35. The van der Waals surface area contributed by atoms with E-state index in [2.05, 4.69) is 26.5 Å². The van der Waals surface area contributed by atoms with Crippen molar-refractivity contribution in [2.45, 2.75) is 31.3 Å². The number of rotatable bonds is 5. The van der Waals surface area contributed by atoms with Crippen LogP contribution in [-0.4, -0.2) is 36.0 Å². The molecule has 2 heterocycles. The van der Waals surface area contributed by atoms with E-state index in [1.165, 1.54) is 0 Å². The fourth-order valence-electron chi connectivity index (χ4n) is 3.69. The van der Waals surface area contributed by atoms with Gasteiger partial charge in [-0.1, -0.05) is 42.5 Å². The zero-order valence-electron chi connectivity index (χ0n) is 14.9. The number of carbonyl (C=O) groups is 1. The molecule has 1 saturated heterocycles. The van der Waals surface area contributed by atoms with Crippen LogP contribution >= 0.6 is 0 Å². The highest BCUT2D eigenvalue weighted by Crippen LogP contribution is 2.38. The molecule has 0 unspecified atom stereocenters. The molecule has 0 saturated carbocycles. The van der Waals surface area contributed by atoms with Crippen molar-refractivity contribution in [2.75, 3.05) is 25.0 Å². The van der Waals surface area contributed by atoms with Crippen LogP contribution in [-0.2, 0) is 0 Å². The monoisotopic (exact) mass is 348 g/mol. The minimum absolute atomic E-state index is 0.235. The predicted octanol–water partition coefficient (Wildman–Crippen LogP) is 4.65. The van der Waals surface area contributed by atoms with Crippen LogP contribution < -0.4 is 5.32 Å². The van der Waals surface area contributed by atoms with E-state index in [9.17, 15) is 4.79 Å². The van der Waals surface area contributed by atoms with Gasteiger partial charge >= 0.3 is 0 Å². The average molecular weight is 348 g/mol. The summed E-state index contributed by atoms with van der Waals surface area (Å²) in [6, 6.07) is 17.6. The Morgan fingerprint density at radius 2 is 1.77 bits per heavy atom. The third-order valence-electron chi connectivity index (χ3n) is 5.28. The smallest absolute Gasteiger partial charge is 0.162 e. The number of fused-ring (bicyclic) bond motifs is 1. The largest absolute Gasteiger partial charge is 0.358 e. The molecule has 5 heteroatoms. The van der Waals surface area contributed by atoms with E-state index in [4.69, 9.17) is 0 Å². The molecule has 2 aromatic rings. The van der Waals surface area contributed by atoms with Gasteiger partial charge in [0.15, 0.2) is 11.4 Å². The fraction of sp³-hybridized carbons (Fsp3) is 0.381. The third kappa shape index (κ3) is 3.68. The molecular weight excluding hydrogens is 324 g/mol. The molecule has 0 bridgehead atoms. The van der Waals surface area contributed by atoms with Gasteiger partial charge in [0.2, 0.25) is 0 Å². The number of piperidine rings is 1. The zero-order chi connectivity index (χ0) is 17.8. The van der Waals surface area contributed by atoms with Crippen molar-refractivity contribution in [2.24, 2.45) is 10.2 Å². The number of azo groups is 1. The molecule has 0 radical (unpaired) electrons. The maximum Gasteiger partial charge on any atom is 0.162 e. The van der Waals surface area contributed by atoms with Crippen molar-refractivity contribution < 1.29 is 4.79 Å². The molecule has 1 fully saturated rings. The topological polar surface area (TPSA) is 57.1 Å². The molecule has 4 rings (SSSR count). The molecule has 1 N–H and O–H groups in total. The number of hydrogen-bond donors (Lipinski definition) is 1. The summed E-state index contributed by atoms with van der Waals surface area (Å²) in [6.07, 6.45) is 3.39. The van der Waals surface area contributed by atoms with Crippen LogP contribution in [0.1, 0.15) is 36.0 Å². The summed E-state index contributed by atoms with van der Waals surface area (Å²) in [5.74, 6) is 0.235. The number of carbonyl (C=O) groups excluding carboxylic acids is 1. The molecule has 5 nitrogen and oxygen atoms in total. The van der Waals surface area contributed by atoms with Gasteiger partial charge in [0.1, 0.15) is 5.69 Å². The van der Waals surface area contributed by atoms with Gasteiger partial charge in [-0.3, -0.25) is 4.79 Å². The van der Waals surface area contributed by atoms with Gasteiger partial charge in [0, 0.05) is 37.9 Å². The van der Waals surface area contributed by atoms with Gasteiger partial charge < -0.3 is 10.2 Å². The molecule has 134 valence electrons. The number of Topliss-reactive ketones (excluding diaryl/α,β-unsaturated/α-hetero) is 1. The van der Waals surface area contributed by atoms with E-state index in [0.29, 0.717) is 6.42 Å². The lowest BCUT2D eigenvalue weighted by Crippen LogP contribution is -2.48. The Hall–Kier alpha value is -2.53. The van der Waals surface area contributed by atoms with Crippen molar-refractivity contribution in [3.05, 3.63) is 60.2 Å². The molecule has 0 amide bonds. The van der Waals surface area contributed by atoms with Crippen LogP contribution in [0.4, 0.5) is 11.4 Å². The van der Waals surface area contributed by atoms with Gasteiger partial charge in [-0.25, -0.2) is 0 Å². The minimum atomic E-state index is -0.259. The lowest BCUT2D eigenvalue weighted by atomic mass is 9.96. The summed E-state index contributed by atoms with van der Waals surface area (Å²) in [7, 11) is 0. The van der Waals surface area contributed by atoms with Crippen molar-refractivity contribution in [3.8, 4) is 0 Å². The first kappa shape index (κ1) is 16.9.